The average Bonchev–Trinajstić information content (AvgIpc) is 2.87. The zero-order valence-corrected chi connectivity index (χ0v) is 18.6. The predicted molar refractivity (Wildman–Crippen MR) is 130 cm³/mol. The van der Waals surface area contributed by atoms with Crippen LogP contribution < -0.4 is 19.7 Å². The van der Waals surface area contributed by atoms with E-state index >= 15 is 0 Å². The van der Waals surface area contributed by atoms with Crippen LogP contribution in [0.4, 0.5) is 10.5 Å². The van der Waals surface area contributed by atoms with Gasteiger partial charge in [-0.3, -0.25) is 14.9 Å². The molecule has 0 radical (unpaired) electrons. The molecule has 35 heavy (non-hydrogen) atoms. The van der Waals surface area contributed by atoms with Crippen molar-refractivity contribution in [3.63, 3.8) is 0 Å². The molecule has 4 amide bonds. The van der Waals surface area contributed by atoms with E-state index in [0.717, 1.165) is 10.5 Å². The minimum atomic E-state index is -0.868. The van der Waals surface area contributed by atoms with Gasteiger partial charge in [-0.1, -0.05) is 48.5 Å². The van der Waals surface area contributed by atoms with Gasteiger partial charge in [0.05, 0.1) is 12.8 Å². The number of ether oxygens (including phenoxy) is 2. The summed E-state index contributed by atoms with van der Waals surface area (Å²) in [5, 5.41) is 2.16. The molecule has 8 nitrogen and oxygen atoms in total. The van der Waals surface area contributed by atoms with Gasteiger partial charge in [0.1, 0.15) is 17.1 Å². The number of hydrogen-bond donors (Lipinski definition) is 1. The van der Waals surface area contributed by atoms with E-state index < -0.39 is 23.8 Å². The van der Waals surface area contributed by atoms with Crippen LogP contribution in [0, 0.1) is 0 Å². The monoisotopic (exact) mass is 468 g/mol. The molecule has 1 N–H and O–H groups in total. The number of barbiturate groups is 1. The van der Waals surface area contributed by atoms with Crippen molar-refractivity contribution in [2.24, 2.45) is 0 Å². The molecule has 0 spiro atoms. The third kappa shape index (κ3) is 5.33. The van der Waals surface area contributed by atoms with Crippen LogP contribution in [-0.4, -0.2) is 30.9 Å². The second-order valence-electron chi connectivity index (χ2n) is 7.36. The van der Waals surface area contributed by atoms with E-state index in [-0.39, 0.29) is 17.0 Å². The summed E-state index contributed by atoms with van der Waals surface area (Å²) in [5.41, 5.74) is 1.12. The van der Waals surface area contributed by atoms with E-state index in [9.17, 15) is 19.2 Å². The van der Waals surface area contributed by atoms with Gasteiger partial charge in [-0.15, -0.1) is 0 Å². The fourth-order valence-corrected chi connectivity index (χ4v) is 3.34. The van der Waals surface area contributed by atoms with Crippen molar-refractivity contribution in [2.45, 2.75) is 0 Å². The molecule has 174 valence electrons. The summed E-state index contributed by atoms with van der Waals surface area (Å²) in [6.07, 6.45) is 4.17. The molecule has 3 aromatic carbocycles. The van der Waals surface area contributed by atoms with Crippen molar-refractivity contribution in [3.8, 4) is 11.5 Å². The molecule has 8 heteroatoms. The number of imide groups is 2. The normalized spacial score (nSPS) is 14.8. The Labute approximate surface area is 201 Å². The van der Waals surface area contributed by atoms with E-state index in [1.165, 1.54) is 37.5 Å². The van der Waals surface area contributed by atoms with Crippen LogP contribution in [-0.2, 0) is 14.4 Å². The van der Waals surface area contributed by atoms with Crippen molar-refractivity contribution in [1.82, 2.24) is 5.32 Å². The molecule has 1 fully saturated rings. The highest BCUT2D eigenvalue weighted by molar-refractivity contribution is 6.39. The molecule has 1 aliphatic rings. The van der Waals surface area contributed by atoms with Crippen molar-refractivity contribution in [2.75, 3.05) is 12.0 Å². The summed E-state index contributed by atoms with van der Waals surface area (Å²) in [4.78, 5) is 51.2. The standard InChI is InChI=1S/C27H20N2O6/c1-34-21-14-12-20(13-15-21)29-26(32)22(25(31)28-27(29)33)17-19-9-5-6-10-23(19)35-24(30)16-11-18-7-3-2-4-8-18/h2-17H,1H3,(H,28,31,33)/b16-11+,22-17-. The summed E-state index contributed by atoms with van der Waals surface area (Å²) in [6.45, 7) is 0. The van der Waals surface area contributed by atoms with Crippen LogP contribution in [0.25, 0.3) is 12.2 Å². The molecular formula is C27H20N2O6. The summed E-state index contributed by atoms with van der Waals surface area (Å²) in [6, 6.07) is 21.1. The number of esters is 1. The largest absolute Gasteiger partial charge is 0.497 e. The molecule has 0 aliphatic carbocycles. The smallest absolute Gasteiger partial charge is 0.336 e. The number of benzene rings is 3. The van der Waals surface area contributed by atoms with Crippen LogP contribution in [0.3, 0.4) is 0 Å². The quantitative estimate of drug-likeness (QED) is 0.254. The van der Waals surface area contributed by atoms with Gasteiger partial charge < -0.3 is 9.47 Å². The molecular weight excluding hydrogens is 448 g/mol. The minimum absolute atomic E-state index is 0.149. The molecule has 1 saturated heterocycles. The summed E-state index contributed by atoms with van der Waals surface area (Å²) < 4.78 is 10.5. The second kappa shape index (κ2) is 10.3. The zero-order chi connectivity index (χ0) is 24.8. The van der Waals surface area contributed by atoms with Crippen molar-refractivity contribution < 1.29 is 28.7 Å². The maximum absolute atomic E-state index is 13.1. The van der Waals surface area contributed by atoms with Gasteiger partial charge in [-0.05, 0) is 48.0 Å². The molecule has 1 heterocycles. The lowest BCUT2D eigenvalue weighted by molar-refractivity contribution is -0.129. The highest BCUT2D eigenvalue weighted by atomic mass is 16.5. The second-order valence-corrected chi connectivity index (χ2v) is 7.36. The first-order valence-corrected chi connectivity index (χ1v) is 10.6. The first kappa shape index (κ1) is 23.2. The van der Waals surface area contributed by atoms with Crippen LogP contribution >= 0.6 is 0 Å². The Morgan fingerprint density at radius 1 is 0.886 bits per heavy atom. The predicted octanol–water partition coefficient (Wildman–Crippen LogP) is 3.98. The number of carbonyl (C=O) groups is 4. The van der Waals surface area contributed by atoms with Crippen molar-refractivity contribution in [3.05, 3.63) is 102 Å². The van der Waals surface area contributed by atoms with Crippen molar-refractivity contribution >= 4 is 41.7 Å². The fraction of sp³-hybridized carbons (Fsp3) is 0.0370. The Morgan fingerprint density at radius 2 is 1.57 bits per heavy atom. The molecule has 0 unspecified atom stereocenters. The number of para-hydroxylation sites is 1. The van der Waals surface area contributed by atoms with Gasteiger partial charge in [-0.25, -0.2) is 14.5 Å². The summed E-state index contributed by atoms with van der Waals surface area (Å²) in [7, 11) is 1.50. The third-order valence-electron chi connectivity index (χ3n) is 5.07. The molecule has 0 atom stereocenters. The van der Waals surface area contributed by atoms with E-state index in [2.05, 4.69) is 5.32 Å². The van der Waals surface area contributed by atoms with E-state index in [1.54, 1.807) is 36.4 Å². The van der Waals surface area contributed by atoms with Gasteiger partial charge >= 0.3 is 12.0 Å². The van der Waals surface area contributed by atoms with Crippen molar-refractivity contribution in [1.29, 1.82) is 0 Å². The summed E-state index contributed by atoms with van der Waals surface area (Å²) in [5.74, 6) is -1.60. The number of nitrogens with one attached hydrogen (secondary N) is 1. The van der Waals surface area contributed by atoms with Crippen LogP contribution in [0.1, 0.15) is 11.1 Å². The molecule has 0 saturated carbocycles. The van der Waals surface area contributed by atoms with Gasteiger partial charge in [-0.2, -0.15) is 0 Å². The highest BCUT2D eigenvalue weighted by Crippen LogP contribution is 2.26. The Kier molecular flexibility index (Phi) is 6.83. The lowest BCUT2D eigenvalue weighted by atomic mass is 10.1. The van der Waals surface area contributed by atoms with E-state index in [4.69, 9.17) is 9.47 Å². The number of amides is 4. The lowest BCUT2D eigenvalue weighted by Crippen LogP contribution is -2.54. The number of hydrogen-bond acceptors (Lipinski definition) is 6. The molecule has 0 aromatic heterocycles. The molecule has 1 aliphatic heterocycles. The number of methoxy groups -OCH3 is 1. The van der Waals surface area contributed by atoms with Gasteiger partial charge in [0.25, 0.3) is 11.8 Å². The minimum Gasteiger partial charge on any atom is -0.497 e. The fourth-order valence-electron chi connectivity index (χ4n) is 3.34. The van der Waals surface area contributed by atoms with Gasteiger partial charge in [0.15, 0.2) is 0 Å². The maximum Gasteiger partial charge on any atom is 0.336 e. The Morgan fingerprint density at radius 3 is 2.29 bits per heavy atom. The van der Waals surface area contributed by atoms with Crippen LogP contribution in [0.5, 0.6) is 11.5 Å². The Balaban J connectivity index is 1.60. The third-order valence-corrected chi connectivity index (χ3v) is 5.07. The topological polar surface area (TPSA) is 102 Å². The van der Waals surface area contributed by atoms with Gasteiger partial charge in [0.2, 0.25) is 0 Å². The SMILES string of the molecule is COc1ccc(N2C(=O)NC(=O)/C(=C/c3ccccc3OC(=O)/C=C/c3ccccc3)C2=O)cc1. The number of anilines is 1. The number of rotatable bonds is 6. The maximum atomic E-state index is 13.1. The number of nitrogens with zero attached hydrogens (tertiary/aromatic N) is 1. The molecule has 4 rings (SSSR count). The first-order valence-electron chi connectivity index (χ1n) is 10.6. The van der Waals surface area contributed by atoms with E-state index in [0.29, 0.717) is 11.3 Å². The Bertz CT molecular complexity index is 1340. The number of urea groups is 1. The zero-order valence-electron chi connectivity index (χ0n) is 18.6. The number of carbonyl (C=O) groups excluding carboxylic acids is 4. The van der Waals surface area contributed by atoms with Gasteiger partial charge in [0, 0.05) is 11.6 Å². The average molecular weight is 468 g/mol. The molecule has 3 aromatic rings. The first-order chi connectivity index (χ1) is 17.0. The van der Waals surface area contributed by atoms with Crippen LogP contribution in [0.2, 0.25) is 0 Å². The summed E-state index contributed by atoms with van der Waals surface area (Å²) >= 11 is 0. The Hall–Kier alpha value is -4.98. The van der Waals surface area contributed by atoms with E-state index in [1.807, 2.05) is 30.3 Å². The molecule has 0 bridgehead atoms. The highest BCUT2D eigenvalue weighted by Gasteiger charge is 2.37. The van der Waals surface area contributed by atoms with Crippen LogP contribution in [0.15, 0.2) is 90.5 Å². The lowest BCUT2D eigenvalue weighted by Gasteiger charge is -2.26.